The molecule has 2 saturated heterocycles. The molecule has 0 unspecified atom stereocenters. The van der Waals surface area contributed by atoms with E-state index in [4.69, 9.17) is 16.0 Å². The Bertz CT molecular complexity index is 718. The van der Waals surface area contributed by atoms with Gasteiger partial charge in [0, 0.05) is 28.0 Å². The smallest absolute Gasteiger partial charge is 0.307 e. The first kappa shape index (κ1) is 15.1. The van der Waals surface area contributed by atoms with Gasteiger partial charge in [-0.3, -0.25) is 4.79 Å². The first-order valence-corrected chi connectivity index (χ1v) is 8.83. The number of nitrogens with one attached hydrogen (secondary N) is 2. The number of benzene rings is 1. The molecule has 120 valence electrons. The molecule has 7 heteroatoms. The molecule has 2 aromatic rings. The molecule has 0 radical (unpaired) electrons. The number of hydrogen-bond donors (Lipinski definition) is 2. The third-order valence-corrected chi connectivity index (χ3v) is 5.48. The molecule has 1 aromatic carbocycles. The molecular formula is C16H16ClN3O2S. The van der Waals surface area contributed by atoms with E-state index < -0.39 is 0 Å². The molecule has 2 fully saturated rings. The minimum Gasteiger partial charge on any atom is -0.425 e. The highest BCUT2D eigenvalue weighted by atomic mass is 35.5. The zero-order chi connectivity index (χ0) is 15.8. The lowest BCUT2D eigenvalue weighted by Crippen LogP contribution is -2.43. The minimum atomic E-state index is -0.243. The lowest BCUT2D eigenvalue weighted by molar-refractivity contribution is 0.0890. The summed E-state index contributed by atoms with van der Waals surface area (Å²) in [4.78, 5) is 17.3. The third-order valence-electron chi connectivity index (χ3n) is 4.33. The summed E-state index contributed by atoms with van der Waals surface area (Å²) in [6.45, 7) is 0. The summed E-state index contributed by atoms with van der Waals surface area (Å²) in [5.74, 6) is -0.128. The molecule has 5 nitrogen and oxygen atoms in total. The first-order chi connectivity index (χ1) is 11.2. The van der Waals surface area contributed by atoms with Gasteiger partial charge < -0.3 is 15.1 Å². The fraction of sp³-hybridized carbons (Fsp3) is 0.375. The Hall–Kier alpha value is -1.50. The van der Waals surface area contributed by atoms with Crippen LogP contribution in [0.15, 0.2) is 44.9 Å². The number of halogens is 1. The number of hydrogen-bond acceptors (Lipinski definition) is 5. The highest BCUT2D eigenvalue weighted by Gasteiger charge is 2.40. The maximum atomic E-state index is 12.3. The van der Waals surface area contributed by atoms with Gasteiger partial charge in [-0.25, -0.2) is 4.98 Å². The van der Waals surface area contributed by atoms with E-state index in [1.807, 2.05) is 24.3 Å². The van der Waals surface area contributed by atoms with Gasteiger partial charge in [0.1, 0.15) is 0 Å². The standard InChI is InChI=1S/C16H16ClN3O2S/c17-9-1-4-11(5-2-9)23-14-8-18-16(22-14)15(21)20-13-7-10-3-6-12(13)19-10/h1-2,4-5,8,10,12-13,19H,3,6-7H2,(H,20,21)/t10-,12+,13-/m1/s1. The number of aromatic nitrogens is 1. The number of oxazole rings is 1. The Morgan fingerprint density at radius 1 is 1.35 bits per heavy atom. The minimum absolute atomic E-state index is 0.115. The van der Waals surface area contributed by atoms with Gasteiger partial charge in [-0.05, 0) is 43.5 Å². The molecule has 2 bridgehead atoms. The van der Waals surface area contributed by atoms with Crippen molar-refractivity contribution in [3.8, 4) is 0 Å². The van der Waals surface area contributed by atoms with E-state index in [0.717, 1.165) is 17.7 Å². The van der Waals surface area contributed by atoms with Gasteiger partial charge in [0.15, 0.2) is 5.09 Å². The molecular weight excluding hydrogens is 334 g/mol. The SMILES string of the molecule is O=C(N[C@@H]1C[C@H]2CC[C@@H]1N2)c1ncc(Sc2ccc(Cl)cc2)o1. The second kappa shape index (κ2) is 6.19. The van der Waals surface area contributed by atoms with Crippen LogP contribution in [-0.4, -0.2) is 29.0 Å². The normalized spacial score (nSPS) is 25.7. The maximum absolute atomic E-state index is 12.3. The highest BCUT2D eigenvalue weighted by molar-refractivity contribution is 7.99. The lowest BCUT2D eigenvalue weighted by atomic mass is 9.95. The number of rotatable bonds is 4. The maximum Gasteiger partial charge on any atom is 0.307 e. The Morgan fingerprint density at radius 3 is 2.87 bits per heavy atom. The average molecular weight is 350 g/mol. The molecule has 3 atom stereocenters. The van der Waals surface area contributed by atoms with Gasteiger partial charge in [-0.15, -0.1) is 0 Å². The Balaban J connectivity index is 1.39. The summed E-state index contributed by atoms with van der Waals surface area (Å²) in [5, 5.41) is 7.80. The van der Waals surface area contributed by atoms with Crippen LogP contribution in [-0.2, 0) is 0 Å². The fourth-order valence-electron chi connectivity index (χ4n) is 3.24. The molecule has 0 spiro atoms. The monoisotopic (exact) mass is 349 g/mol. The van der Waals surface area contributed by atoms with E-state index >= 15 is 0 Å². The van der Waals surface area contributed by atoms with Crippen LogP contribution in [0.5, 0.6) is 0 Å². The molecule has 0 aliphatic carbocycles. The quantitative estimate of drug-likeness (QED) is 0.887. The topological polar surface area (TPSA) is 67.2 Å². The van der Waals surface area contributed by atoms with Crippen molar-refractivity contribution in [2.75, 3.05) is 0 Å². The molecule has 0 saturated carbocycles. The predicted molar refractivity (Wildman–Crippen MR) is 87.9 cm³/mol. The largest absolute Gasteiger partial charge is 0.425 e. The van der Waals surface area contributed by atoms with Crippen molar-refractivity contribution in [1.29, 1.82) is 0 Å². The number of amides is 1. The zero-order valence-electron chi connectivity index (χ0n) is 12.3. The molecule has 2 aliphatic heterocycles. The van der Waals surface area contributed by atoms with Crippen LogP contribution in [0.2, 0.25) is 5.02 Å². The van der Waals surface area contributed by atoms with Crippen molar-refractivity contribution >= 4 is 29.3 Å². The Kier molecular flexibility index (Phi) is 4.05. The Labute approximate surface area is 143 Å². The summed E-state index contributed by atoms with van der Waals surface area (Å²) in [5.41, 5.74) is 0. The van der Waals surface area contributed by atoms with Crippen molar-refractivity contribution in [3.63, 3.8) is 0 Å². The van der Waals surface area contributed by atoms with Crippen molar-refractivity contribution in [1.82, 2.24) is 15.6 Å². The van der Waals surface area contributed by atoms with Crippen molar-refractivity contribution in [2.24, 2.45) is 0 Å². The van der Waals surface area contributed by atoms with Gasteiger partial charge in [-0.1, -0.05) is 23.4 Å². The van der Waals surface area contributed by atoms with Crippen LogP contribution in [0, 0.1) is 0 Å². The van der Waals surface area contributed by atoms with E-state index in [2.05, 4.69) is 15.6 Å². The van der Waals surface area contributed by atoms with Crippen LogP contribution in [0.1, 0.15) is 29.9 Å². The molecule has 3 heterocycles. The second-order valence-electron chi connectivity index (χ2n) is 5.90. The predicted octanol–water partition coefficient (Wildman–Crippen LogP) is 3.10. The van der Waals surface area contributed by atoms with E-state index in [1.54, 1.807) is 6.20 Å². The molecule has 2 N–H and O–H groups in total. The third kappa shape index (κ3) is 3.24. The summed E-state index contributed by atoms with van der Waals surface area (Å²) in [7, 11) is 0. The van der Waals surface area contributed by atoms with Crippen LogP contribution in [0.4, 0.5) is 0 Å². The second-order valence-corrected chi connectivity index (χ2v) is 7.42. The van der Waals surface area contributed by atoms with Gasteiger partial charge >= 0.3 is 5.91 Å². The lowest BCUT2D eigenvalue weighted by Gasteiger charge is -2.20. The number of fused-ring (bicyclic) bond motifs is 2. The van der Waals surface area contributed by atoms with E-state index in [1.165, 1.54) is 18.2 Å². The summed E-state index contributed by atoms with van der Waals surface area (Å²) < 4.78 is 5.56. The summed E-state index contributed by atoms with van der Waals surface area (Å²) >= 11 is 7.27. The van der Waals surface area contributed by atoms with Crippen LogP contribution >= 0.6 is 23.4 Å². The molecule has 1 aromatic heterocycles. The number of carbonyl (C=O) groups is 1. The summed E-state index contributed by atoms with van der Waals surface area (Å²) in [6, 6.07) is 8.55. The fourth-order valence-corrected chi connectivity index (χ4v) is 4.10. The van der Waals surface area contributed by atoms with E-state index in [0.29, 0.717) is 22.2 Å². The average Bonchev–Trinajstić information content (AvgIpc) is 3.26. The Morgan fingerprint density at radius 2 is 2.17 bits per heavy atom. The van der Waals surface area contributed by atoms with Crippen LogP contribution in [0.25, 0.3) is 0 Å². The van der Waals surface area contributed by atoms with Gasteiger partial charge in [0.25, 0.3) is 5.89 Å². The first-order valence-electron chi connectivity index (χ1n) is 7.63. The van der Waals surface area contributed by atoms with Crippen molar-refractivity contribution in [2.45, 2.75) is 47.4 Å². The molecule has 23 heavy (non-hydrogen) atoms. The van der Waals surface area contributed by atoms with Crippen LogP contribution < -0.4 is 10.6 Å². The molecule has 2 aliphatic rings. The van der Waals surface area contributed by atoms with Crippen LogP contribution in [0.3, 0.4) is 0 Å². The van der Waals surface area contributed by atoms with Gasteiger partial charge in [-0.2, -0.15) is 0 Å². The van der Waals surface area contributed by atoms with Crippen molar-refractivity contribution < 1.29 is 9.21 Å². The van der Waals surface area contributed by atoms with E-state index in [-0.39, 0.29) is 17.8 Å². The molecule has 1 amide bonds. The zero-order valence-corrected chi connectivity index (χ0v) is 13.9. The number of nitrogens with zero attached hydrogens (tertiary/aromatic N) is 1. The number of carbonyl (C=O) groups excluding carboxylic acids is 1. The summed E-state index contributed by atoms with van der Waals surface area (Å²) in [6.07, 6.45) is 4.90. The molecule has 4 rings (SSSR count). The van der Waals surface area contributed by atoms with E-state index in [9.17, 15) is 4.79 Å². The van der Waals surface area contributed by atoms with Gasteiger partial charge in [0.05, 0.1) is 6.20 Å². The van der Waals surface area contributed by atoms with Gasteiger partial charge in [0.2, 0.25) is 0 Å². The highest BCUT2D eigenvalue weighted by Crippen LogP contribution is 2.30. The van der Waals surface area contributed by atoms with Crippen molar-refractivity contribution in [3.05, 3.63) is 41.4 Å².